The number of aryl methyl sites for hydroxylation is 1. The zero-order valence-electron chi connectivity index (χ0n) is 10.5. The molecule has 6 nitrogen and oxygen atoms in total. The van der Waals surface area contributed by atoms with Crippen molar-refractivity contribution in [3.05, 3.63) is 29.1 Å². The van der Waals surface area contributed by atoms with Gasteiger partial charge < -0.3 is 20.5 Å². The van der Waals surface area contributed by atoms with Crippen LogP contribution >= 0.6 is 11.3 Å². The standard InChI is InChI=1S/C13H11N3O3S/c1-6-5-20-11(10(6)14)13-15-12(16-19-13)7-2-3-8(17)9(18)4-7/h2-5,17-18H,14H2,1H3. The number of phenolic OH excluding ortho intramolecular Hbond substituents is 2. The minimum atomic E-state index is -0.236. The van der Waals surface area contributed by atoms with Crippen LogP contribution in [0.1, 0.15) is 5.56 Å². The molecule has 0 radical (unpaired) electrons. The Morgan fingerprint density at radius 1 is 1.25 bits per heavy atom. The predicted molar refractivity (Wildman–Crippen MR) is 75.5 cm³/mol. The predicted octanol–water partition coefficient (Wildman–Crippen LogP) is 2.77. The summed E-state index contributed by atoms with van der Waals surface area (Å²) in [5, 5.41) is 24.5. The zero-order chi connectivity index (χ0) is 14.3. The highest BCUT2D eigenvalue weighted by Crippen LogP contribution is 2.35. The molecule has 7 heteroatoms. The molecule has 0 fully saturated rings. The van der Waals surface area contributed by atoms with Gasteiger partial charge in [-0.05, 0) is 36.1 Å². The van der Waals surface area contributed by atoms with E-state index >= 15 is 0 Å². The molecular formula is C13H11N3O3S. The normalized spacial score (nSPS) is 10.8. The van der Waals surface area contributed by atoms with E-state index in [0.29, 0.717) is 23.0 Å². The molecule has 0 aliphatic heterocycles. The number of aromatic hydroxyl groups is 2. The number of aromatic nitrogens is 2. The number of nitrogen functional groups attached to an aromatic ring is 1. The van der Waals surface area contributed by atoms with E-state index in [2.05, 4.69) is 10.1 Å². The lowest BCUT2D eigenvalue weighted by atomic mass is 10.2. The number of phenols is 2. The quantitative estimate of drug-likeness (QED) is 0.626. The molecule has 3 aromatic rings. The van der Waals surface area contributed by atoms with Crippen molar-refractivity contribution in [3.8, 4) is 33.7 Å². The number of hydrogen-bond donors (Lipinski definition) is 3. The maximum atomic E-state index is 9.48. The van der Waals surface area contributed by atoms with Crippen LogP contribution in [-0.4, -0.2) is 20.4 Å². The Morgan fingerprint density at radius 3 is 2.70 bits per heavy atom. The fraction of sp³-hybridized carbons (Fsp3) is 0.0769. The van der Waals surface area contributed by atoms with Gasteiger partial charge in [-0.1, -0.05) is 5.16 Å². The number of anilines is 1. The first-order valence-electron chi connectivity index (χ1n) is 5.76. The molecule has 0 spiro atoms. The van der Waals surface area contributed by atoms with Gasteiger partial charge in [0.25, 0.3) is 5.89 Å². The van der Waals surface area contributed by atoms with Crippen molar-refractivity contribution in [2.24, 2.45) is 0 Å². The van der Waals surface area contributed by atoms with Gasteiger partial charge in [-0.15, -0.1) is 11.3 Å². The van der Waals surface area contributed by atoms with E-state index in [4.69, 9.17) is 10.3 Å². The Morgan fingerprint density at radius 2 is 2.05 bits per heavy atom. The Kier molecular flexibility index (Phi) is 2.83. The van der Waals surface area contributed by atoms with Crippen molar-refractivity contribution in [3.63, 3.8) is 0 Å². The Labute approximate surface area is 118 Å². The average Bonchev–Trinajstić information content (AvgIpc) is 3.02. The molecule has 2 aromatic heterocycles. The minimum Gasteiger partial charge on any atom is -0.504 e. The van der Waals surface area contributed by atoms with Gasteiger partial charge in [-0.2, -0.15) is 4.98 Å². The second-order valence-electron chi connectivity index (χ2n) is 4.29. The number of benzene rings is 1. The van der Waals surface area contributed by atoms with E-state index in [9.17, 15) is 10.2 Å². The number of nitrogens with zero attached hydrogens (tertiary/aromatic N) is 2. The summed E-state index contributed by atoms with van der Waals surface area (Å²) in [4.78, 5) is 4.98. The van der Waals surface area contributed by atoms with Gasteiger partial charge in [0.1, 0.15) is 4.88 Å². The molecule has 0 unspecified atom stereocenters. The second-order valence-corrected chi connectivity index (χ2v) is 5.17. The largest absolute Gasteiger partial charge is 0.504 e. The lowest BCUT2D eigenvalue weighted by Gasteiger charge is -1.98. The third-order valence-electron chi connectivity index (χ3n) is 2.88. The summed E-state index contributed by atoms with van der Waals surface area (Å²) in [6.07, 6.45) is 0. The molecule has 0 bridgehead atoms. The number of nitrogens with two attached hydrogens (primary N) is 1. The molecule has 0 saturated heterocycles. The Bertz CT molecular complexity index is 779. The maximum Gasteiger partial charge on any atom is 0.270 e. The second kappa shape index (κ2) is 4.53. The first-order chi connectivity index (χ1) is 9.56. The van der Waals surface area contributed by atoms with Crippen LogP contribution in [-0.2, 0) is 0 Å². The summed E-state index contributed by atoms with van der Waals surface area (Å²) < 4.78 is 5.19. The first kappa shape index (κ1) is 12.5. The molecule has 2 heterocycles. The Hall–Kier alpha value is -2.54. The van der Waals surface area contributed by atoms with E-state index < -0.39 is 0 Å². The molecule has 0 aliphatic rings. The third-order valence-corrected chi connectivity index (χ3v) is 3.98. The van der Waals surface area contributed by atoms with Crippen LogP contribution in [0.4, 0.5) is 5.69 Å². The van der Waals surface area contributed by atoms with Crippen LogP contribution in [0.5, 0.6) is 11.5 Å². The summed E-state index contributed by atoms with van der Waals surface area (Å²) in [6.45, 7) is 1.91. The van der Waals surface area contributed by atoms with Crippen molar-refractivity contribution >= 4 is 17.0 Å². The van der Waals surface area contributed by atoms with Crippen LogP contribution in [0.3, 0.4) is 0 Å². The lowest BCUT2D eigenvalue weighted by molar-refractivity contribution is 0.404. The fourth-order valence-corrected chi connectivity index (χ4v) is 2.61. The van der Waals surface area contributed by atoms with Gasteiger partial charge in [0.15, 0.2) is 11.5 Å². The van der Waals surface area contributed by atoms with Crippen LogP contribution in [0.2, 0.25) is 0 Å². The highest BCUT2D eigenvalue weighted by Gasteiger charge is 2.16. The van der Waals surface area contributed by atoms with Crippen molar-refractivity contribution in [2.75, 3.05) is 5.73 Å². The summed E-state index contributed by atoms with van der Waals surface area (Å²) in [5.41, 5.74) is 8.07. The SMILES string of the molecule is Cc1csc(-c2nc(-c3ccc(O)c(O)c3)no2)c1N. The molecule has 4 N–H and O–H groups in total. The third kappa shape index (κ3) is 1.97. The van der Waals surface area contributed by atoms with Crippen LogP contribution in [0.25, 0.3) is 22.2 Å². The molecule has 0 saturated carbocycles. The van der Waals surface area contributed by atoms with Crippen molar-refractivity contribution in [1.29, 1.82) is 0 Å². The highest BCUT2D eigenvalue weighted by atomic mass is 32.1. The molecule has 3 rings (SSSR count). The molecule has 0 atom stereocenters. The van der Waals surface area contributed by atoms with E-state index in [1.54, 1.807) is 6.07 Å². The maximum absolute atomic E-state index is 9.48. The topological polar surface area (TPSA) is 105 Å². The summed E-state index contributed by atoms with van der Waals surface area (Å²) in [6, 6.07) is 4.32. The van der Waals surface area contributed by atoms with Gasteiger partial charge in [-0.3, -0.25) is 0 Å². The average molecular weight is 289 g/mol. The Balaban J connectivity index is 2.01. The zero-order valence-corrected chi connectivity index (χ0v) is 11.3. The van der Waals surface area contributed by atoms with Gasteiger partial charge in [0.2, 0.25) is 5.82 Å². The monoisotopic (exact) mass is 289 g/mol. The van der Waals surface area contributed by atoms with Crippen molar-refractivity contribution < 1.29 is 14.7 Å². The fourth-order valence-electron chi connectivity index (χ4n) is 1.71. The summed E-state index contributed by atoms with van der Waals surface area (Å²) in [5.74, 6) is 0.222. The lowest BCUT2D eigenvalue weighted by Crippen LogP contribution is -1.87. The van der Waals surface area contributed by atoms with Crippen molar-refractivity contribution in [2.45, 2.75) is 6.92 Å². The molecule has 0 aliphatic carbocycles. The van der Waals surface area contributed by atoms with Gasteiger partial charge in [0.05, 0.1) is 5.69 Å². The number of hydrogen-bond acceptors (Lipinski definition) is 7. The van der Waals surface area contributed by atoms with E-state index in [0.717, 1.165) is 10.4 Å². The summed E-state index contributed by atoms with van der Waals surface area (Å²) >= 11 is 1.43. The number of thiophene rings is 1. The van der Waals surface area contributed by atoms with Gasteiger partial charge in [-0.25, -0.2) is 0 Å². The van der Waals surface area contributed by atoms with Crippen LogP contribution in [0.15, 0.2) is 28.1 Å². The first-order valence-corrected chi connectivity index (χ1v) is 6.64. The minimum absolute atomic E-state index is 0.199. The van der Waals surface area contributed by atoms with Gasteiger partial charge in [0, 0.05) is 5.56 Å². The van der Waals surface area contributed by atoms with E-state index in [1.807, 2.05) is 12.3 Å². The van der Waals surface area contributed by atoms with E-state index in [-0.39, 0.29) is 11.5 Å². The molecular weight excluding hydrogens is 278 g/mol. The molecule has 20 heavy (non-hydrogen) atoms. The highest BCUT2D eigenvalue weighted by molar-refractivity contribution is 7.14. The number of rotatable bonds is 2. The van der Waals surface area contributed by atoms with Gasteiger partial charge >= 0.3 is 0 Å². The smallest absolute Gasteiger partial charge is 0.270 e. The van der Waals surface area contributed by atoms with Crippen LogP contribution < -0.4 is 5.73 Å². The molecule has 102 valence electrons. The molecule has 1 aromatic carbocycles. The van der Waals surface area contributed by atoms with Crippen molar-refractivity contribution in [1.82, 2.24) is 10.1 Å². The summed E-state index contributed by atoms with van der Waals surface area (Å²) in [7, 11) is 0. The van der Waals surface area contributed by atoms with Crippen LogP contribution in [0, 0.1) is 6.92 Å². The van der Waals surface area contributed by atoms with E-state index in [1.165, 1.54) is 23.5 Å². The molecule has 0 amide bonds.